The highest BCUT2D eigenvalue weighted by Gasteiger charge is 2.49. The molecule has 5 nitrogen and oxygen atoms in total. The maximum atomic E-state index is 13.9. The summed E-state index contributed by atoms with van der Waals surface area (Å²) in [7, 11) is 0. The van der Waals surface area contributed by atoms with Crippen LogP contribution >= 0.6 is 11.6 Å². The highest BCUT2D eigenvalue weighted by molar-refractivity contribution is 6.29. The summed E-state index contributed by atoms with van der Waals surface area (Å²) in [6.07, 6.45) is 7.28. The molecule has 2 aliphatic rings. The van der Waals surface area contributed by atoms with Crippen LogP contribution in [0.3, 0.4) is 0 Å². The van der Waals surface area contributed by atoms with Crippen LogP contribution in [0.25, 0.3) is 10.9 Å². The molecule has 7 heteroatoms. The fourth-order valence-electron chi connectivity index (χ4n) is 5.76. The Balaban J connectivity index is 1.28. The number of aromatic nitrogens is 2. The molecule has 0 spiro atoms. The Bertz CT molecular complexity index is 1150. The lowest BCUT2D eigenvalue weighted by Gasteiger charge is -2.31. The zero-order valence-corrected chi connectivity index (χ0v) is 18.6. The normalized spacial score (nSPS) is 26.6. The van der Waals surface area contributed by atoms with Gasteiger partial charge in [0, 0.05) is 11.6 Å². The molecule has 3 N–H and O–H groups in total. The standard InChI is InChI=1S/C25H26ClFN4O/c1-25(28,24(32)31-19-3-5-23(26)30-13-19)17-10-14-8-16(9-15(14)11-17)20-6-7-29-22-4-2-18(27)12-21(20)22/h2-7,12-17H,8-11,28H2,1H3,(H,31,32)/t14-,15+,16-,17+,25?. The number of pyridine rings is 2. The summed E-state index contributed by atoms with van der Waals surface area (Å²) in [5.74, 6) is 1.12. The van der Waals surface area contributed by atoms with Gasteiger partial charge in [-0.05, 0) is 98.2 Å². The average molecular weight is 453 g/mol. The Morgan fingerprint density at radius 1 is 1.12 bits per heavy atom. The fourth-order valence-corrected chi connectivity index (χ4v) is 5.87. The van der Waals surface area contributed by atoms with Gasteiger partial charge < -0.3 is 11.1 Å². The molecule has 166 valence electrons. The number of carbonyl (C=O) groups excluding carboxylic acids is 1. The Morgan fingerprint density at radius 3 is 2.56 bits per heavy atom. The van der Waals surface area contributed by atoms with Crippen LogP contribution in [0, 0.1) is 23.6 Å². The largest absolute Gasteiger partial charge is 0.323 e. The van der Waals surface area contributed by atoms with Gasteiger partial charge >= 0.3 is 0 Å². The van der Waals surface area contributed by atoms with Crippen molar-refractivity contribution in [3.63, 3.8) is 0 Å². The predicted molar refractivity (Wildman–Crippen MR) is 124 cm³/mol. The molecule has 1 amide bonds. The number of amides is 1. The molecule has 5 rings (SSSR count). The molecule has 0 radical (unpaired) electrons. The number of halogens is 2. The van der Waals surface area contributed by atoms with Crippen molar-refractivity contribution in [3.05, 3.63) is 65.3 Å². The first-order chi connectivity index (χ1) is 15.3. The van der Waals surface area contributed by atoms with Crippen LogP contribution in [0.5, 0.6) is 0 Å². The van der Waals surface area contributed by atoms with Crippen molar-refractivity contribution in [2.45, 2.75) is 44.1 Å². The summed E-state index contributed by atoms with van der Waals surface area (Å²) in [6.45, 7) is 1.83. The molecule has 0 aliphatic heterocycles. The number of hydrogen-bond acceptors (Lipinski definition) is 4. The van der Waals surface area contributed by atoms with E-state index >= 15 is 0 Å². The number of hydrogen-bond donors (Lipinski definition) is 2. The lowest BCUT2D eigenvalue weighted by molar-refractivity contribution is -0.122. The zero-order valence-electron chi connectivity index (χ0n) is 17.9. The van der Waals surface area contributed by atoms with Crippen molar-refractivity contribution in [2.24, 2.45) is 23.5 Å². The molecule has 0 bridgehead atoms. The number of carbonyl (C=O) groups is 1. The Kier molecular flexibility index (Phi) is 5.38. The van der Waals surface area contributed by atoms with Gasteiger partial charge in [0.05, 0.1) is 22.9 Å². The van der Waals surface area contributed by atoms with E-state index in [1.165, 1.54) is 17.8 Å². The Labute approximate surface area is 191 Å². The third-order valence-electron chi connectivity index (χ3n) is 7.52. The molecule has 2 heterocycles. The van der Waals surface area contributed by atoms with Crippen molar-refractivity contribution in [1.29, 1.82) is 0 Å². The molecule has 5 atom stereocenters. The van der Waals surface area contributed by atoms with Crippen LogP contribution < -0.4 is 11.1 Å². The van der Waals surface area contributed by atoms with Gasteiger partial charge in [0.15, 0.2) is 0 Å². The van der Waals surface area contributed by atoms with Crippen molar-refractivity contribution in [3.8, 4) is 0 Å². The first kappa shape index (κ1) is 21.3. The number of nitrogens with one attached hydrogen (secondary N) is 1. The number of nitrogens with zero attached hydrogens (tertiary/aromatic N) is 2. The Morgan fingerprint density at radius 2 is 1.88 bits per heavy atom. The molecule has 2 saturated carbocycles. The van der Waals surface area contributed by atoms with E-state index in [-0.39, 0.29) is 17.6 Å². The van der Waals surface area contributed by atoms with Gasteiger partial charge in [-0.25, -0.2) is 9.37 Å². The average Bonchev–Trinajstić information content (AvgIpc) is 3.34. The molecule has 2 aromatic heterocycles. The summed E-state index contributed by atoms with van der Waals surface area (Å²) in [5, 5.41) is 4.17. The number of anilines is 1. The molecule has 32 heavy (non-hydrogen) atoms. The lowest BCUT2D eigenvalue weighted by atomic mass is 9.81. The van der Waals surface area contributed by atoms with Crippen LogP contribution in [0.15, 0.2) is 48.8 Å². The van der Waals surface area contributed by atoms with E-state index in [0.717, 1.165) is 36.6 Å². The van der Waals surface area contributed by atoms with Gasteiger partial charge in [0.25, 0.3) is 0 Å². The quantitative estimate of drug-likeness (QED) is 0.526. The lowest BCUT2D eigenvalue weighted by Crippen LogP contribution is -2.53. The third-order valence-corrected chi connectivity index (χ3v) is 7.74. The molecular weight excluding hydrogens is 427 g/mol. The summed E-state index contributed by atoms with van der Waals surface area (Å²) < 4.78 is 13.9. The fraction of sp³-hybridized carbons (Fsp3) is 0.400. The van der Waals surface area contributed by atoms with Crippen LogP contribution in [0.4, 0.5) is 10.1 Å². The molecular formula is C25H26ClFN4O. The van der Waals surface area contributed by atoms with Crippen molar-refractivity contribution < 1.29 is 9.18 Å². The predicted octanol–water partition coefficient (Wildman–Crippen LogP) is 5.30. The molecule has 2 fully saturated rings. The minimum absolute atomic E-state index is 0.116. The number of nitrogens with two attached hydrogens (primary N) is 1. The minimum Gasteiger partial charge on any atom is -0.323 e. The van der Waals surface area contributed by atoms with E-state index < -0.39 is 5.54 Å². The van der Waals surface area contributed by atoms with Crippen LogP contribution in [0.2, 0.25) is 5.15 Å². The highest BCUT2D eigenvalue weighted by atomic mass is 35.5. The zero-order chi connectivity index (χ0) is 22.5. The van der Waals surface area contributed by atoms with Crippen molar-refractivity contribution in [2.75, 3.05) is 5.32 Å². The summed E-state index contributed by atoms with van der Waals surface area (Å²) in [4.78, 5) is 21.3. The monoisotopic (exact) mass is 452 g/mol. The maximum Gasteiger partial charge on any atom is 0.244 e. The van der Waals surface area contributed by atoms with Gasteiger partial charge in [-0.3, -0.25) is 9.78 Å². The van der Waals surface area contributed by atoms with Gasteiger partial charge in [-0.15, -0.1) is 0 Å². The van der Waals surface area contributed by atoms with Crippen molar-refractivity contribution in [1.82, 2.24) is 9.97 Å². The maximum absolute atomic E-state index is 13.9. The molecule has 1 aromatic carbocycles. The van der Waals surface area contributed by atoms with Gasteiger partial charge in [0.2, 0.25) is 5.91 Å². The topological polar surface area (TPSA) is 80.9 Å². The molecule has 2 aliphatic carbocycles. The van der Waals surface area contributed by atoms with E-state index in [1.807, 2.05) is 19.2 Å². The van der Waals surface area contributed by atoms with E-state index in [0.29, 0.717) is 28.6 Å². The summed E-state index contributed by atoms with van der Waals surface area (Å²) in [6, 6.07) is 10.2. The van der Waals surface area contributed by atoms with E-state index in [2.05, 4.69) is 15.3 Å². The smallest absolute Gasteiger partial charge is 0.244 e. The van der Waals surface area contributed by atoms with Gasteiger partial charge in [-0.2, -0.15) is 0 Å². The van der Waals surface area contributed by atoms with E-state index in [1.54, 1.807) is 24.3 Å². The highest BCUT2D eigenvalue weighted by Crippen LogP contribution is 2.55. The third kappa shape index (κ3) is 3.86. The second-order valence-electron chi connectivity index (χ2n) is 9.52. The van der Waals surface area contributed by atoms with Gasteiger partial charge in [0.1, 0.15) is 11.0 Å². The number of fused-ring (bicyclic) bond motifs is 2. The molecule has 0 saturated heterocycles. The van der Waals surface area contributed by atoms with Crippen LogP contribution in [-0.2, 0) is 4.79 Å². The number of rotatable bonds is 4. The summed E-state index contributed by atoms with van der Waals surface area (Å²) in [5.41, 5.74) is 8.22. The molecule has 3 aromatic rings. The first-order valence-electron chi connectivity index (χ1n) is 11.1. The van der Waals surface area contributed by atoms with E-state index in [4.69, 9.17) is 17.3 Å². The second kappa shape index (κ2) is 8.09. The van der Waals surface area contributed by atoms with Gasteiger partial charge in [-0.1, -0.05) is 11.6 Å². The SMILES string of the molecule is CC(N)(C(=O)Nc1ccc(Cl)nc1)[C@H]1C[C@H]2C[C@@H](c3ccnc4ccc(F)cc34)C[C@H]2C1. The van der Waals surface area contributed by atoms with Crippen LogP contribution in [-0.4, -0.2) is 21.4 Å². The van der Waals surface area contributed by atoms with Crippen LogP contribution in [0.1, 0.15) is 44.1 Å². The Hall–Kier alpha value is -2.57. The second-order valence-corrected chi connectivity index (χ2v) is 9.91. The van der Waals surface area contributed by atoms with Crippen molar-refractivity contribution >= 4 is 34.1 Å². The molecule has 1 unspecified atom stereocenters. The number of benzene rings is 1. The first-order valence-corrected chi connectivity index (χ1v) is 11.4. The van der Waals surface area contributed by atoms with E-state index in [9.17, 15) is 9.18 Å². The minimum atomic E-state index is -0.966. The summed E-state index contributed by atoms with van der Waals surface area (Å²) >= 11 is 5.82.